The molecule has 0 aliphatic carbocycles. The maximum absolute atomic E-state index is 3.18. The van der Waals surface area contributed by atoms with E-state index in [0.29, 0.717) is 0 Å². The van der Waals surface area contributed by atoms with Crippen LogP contribution in [0.15, 0.2) is 24.3 Å². The Kier molecular flexibility index (Phi) is 5.36. The summed E-state index contributed by atoms with van der Waals surface area (Å²) in [6.45, 7) is 1.06. The van der Waals surface area contributed by atoms with Gasteiger partial charge in [0.15, 0.2) is 0 Å². The number of quaternary nitrogens is 1. The van der Waals surface area contributed by atoms with E-state index in [1.54, 1.807) is 0 Å². The quantitative estimate of drug-likeness (QED) is 0.550. The molecule has 0 unspecified atom stereocenters. The van der Waals surface area contributed by atoms with E-state index < -0.39 is 0 Å². The van der Waals surface area contributed by atoms with Crippen molar-refractivity contribution in [3.8, 4) is 0 Å². The topological polar surface area (TPSA) is 4.44 Å². The third kappa shape index (κ3) is 4.28. The molecule has 0 bridgehead atoms. The van der Waals surface area contributed by atoms with Crippen LogP contribution in [0.3, 0.4) is 0 Å². The van der Waals surface area contributed by atoms with Crippen LogP contribution < -0.4 is 4.90 Å². The van der Waals surface area contributed by atoms with Crippen LogP contribution in [0.4, 0.5) is 0 Å². The van der Waals surface area contributed by atoms with Gasteiger partial charge in [0.05, 0.1) is 20.6 Å². The van der Waals surface area contributed by atoms with Gasteiger partial charge in [0.2, 0.25) is 0 Å². The first-order valence-electron chi connectivity index (χ1n) is 3.53. The minimum atomic E-state index is 0. The molecule has 11 heavy (non-hydrogen) atoms. The number of hydrogen-bond donors (Lipinski definition) is 1. The summed E-state index contributed by atoms with van der Waals surface area (Å²) >= 11 is 0. The average molecular weight is 236 g/mol. The Balaban J connectivity index is 0.000001000. The molecule has 0 aliphatic heterocycles. The fourth-order valence-corrected chi connectivity index (χ4v) is 0.921. The molecule has 61 valence electrons. The molecule has 0 heterocycles. The molecule has 0 fully saturated rings. The Labute approximate surface area is 81.2 Å². The van der Waals surface area contributed by atoms with Crippen LogP contribution in [0.2, 0.25) is 0 Å². The second kappa shape index (κ2) is 5.45. The van der Waals surface area contributed by atoms with Crippen molar-refractivity contribution in [2.24, 2.45) is 0 Å². The maximum Gasteiger partial charge on any atom is 1.00 e. The van der Waals surface area contributed by atoms with Gasteiger partial charge in [0, 0.05) is 0 Å². The fraction of sp³-hybridized carbons (Fsp3) is 0.333. The van der Waals surface area contributed by atoms with Crippen LogP contribution in [0.25, 0.3) is 0 Å². The summed E-state index contributed by atoms with van der Waals surface area (Å²) in [7, 11) is 4.28. The Bertz CT molecular complexity index is 184. The predicted molar refractivity (Wildman–Crippen MR) is 41.8 cm³/mol. The normalized spacial score (nSPS) is 9.36. The van der Waals surface area contributed by atoms with Gasteiger partial charge < -0.3 is 4.90 Å². The molecule has 2 heteroatoms. The van der Waals surface area contributed by atoms with Crippen molar-refractivity contribution in [2.75, 3.05) is 14.1 Å². The van der Waals surface area contributed by atoms with E-state index in [1.807, 2.05) is 12.1 Å². The summed E-state index contributed by atoms with van der Waals surface area (Å²) in [5.74, 6) is 0. The molecule has 0 atom stereocenters. The molecule has 0 saturated carbocycles. The van der Waals surface area contributed by atoms with Crippen LogP contribution in [-0.4, -0.2) is 14.1 Å². The fourth-order valence-electron chi connectivity index (χ4n) is 0.921. The largest absolute Gasteiger partial charge is 1.00 e. The molecule has 1 nitrogen and oxygen atoms in total. The second-order valence-corrected chi connectivity index (χ2v) is 2.77. The summed E-state index contributed by atoms with van der Waals surface area (Å²) in [5.41, 5.74) is 1.28. The van der Waals surface area contributed by atoms with Gasteiger partial charge in [-0.3, -0.25) is 0 Å². The van der Waals surface area contributed by atoms with Gasteiger partial charge in [-0.2, -0.15) is 30.3 Å². The molecule has 0 amide bonds. The number of benzene rings is 1. The third-order valence-electron chi connectivity index (χ3n) is 1.32. The van der Waals surface area contributed by atoms with E-state index in [4.69, 9.17) is 0 Å². The monoisotopic (exact) mass is 237 g/mol. The van der Waals surface area contributed by atoms with Gasteiger partial charge in [-0.15, -0.1) is 5.56 Å². The molecule has 0 aliphatic rings. The minimum Gasteiger partial charge on any atom is -0.338 e. The van der Waals surface area contributed by atoms with Gasteiger partial charge in [0.25, 0.3) is 0 Å². The first kappa shape index (κ1) is 10.8. The van der Waals surface area contributed by atoms with Crippen LogP contribution in [-0.2, 0) is 26.0 Å². The van der Waals surface area contributed by atoms with E-state index >= 15 is 0 Å². The summed E-state index contributed by atoms with van der Waals surface area (Å²) in [6, 6.07) is 11.3. The van der Waals surface area contributed by atoms with Crippen molar-refractivity contribution >= 4 is 0 Å². The van der Waals surface area contributed by atoms with E-state index in [0.717, 1.165) is 6.54 Å². The Morgan fingerprint density at radius 1 is 1.36 bits per heavy atom. The molecule has 1 radical (unpaired) electrons. The zero-order valence-corrected chi connectivity index (χ0v) is 8.61. The molecular weight excluding hydrogens is 223 g/mol. The van der Waals surface area contributed by atoms with Crippen molar-refractivity contribution in [3.63, 3.8) is 0 Å². The number of nitrogens with one attached hydrogen (secondary N) is 1. The SMILES string of the molecule is C[NH+](C)Cc1[c-]cccc1.[Ru+]. The van der Waals surface area contributed by atoms with E-state index in [1.165, 1.54) is 10.5 Å². The zero-order chi connectivity index (χ0) is 7.40. The number of hydrogen-bond acceptors (Lipinski definition) is 0. The summed E-state index contributed by atoms with van der Waals surface area (Å²) in [4.78, 5) is 1.43. The predicted octanol–water partition coefficient (Wildman–Crippen LogP) is 0.129. The van der Waals surface area contributed by atoms with Crippen molar-refractivity contribution < 1.29 is 24.4 Å². The molecular formula is C9H13NRu+. The molecule has 1 aromatic carbocycles. The molecule has 0 aromatic heterocycles. The zero-order valence-electron chi connectivity index (χ0n) is 6.87. The number of rotatable bonds is 2. The molecule has 1 N–H and O–H groups in total. The third-order valence-corrected chi connectivity index (χ3v) is 1.32. The van der Waals surface area contributed by atoms with Gasteiger partial charge >= 0.3 is 19.5 Å². The minimum absolute atomic E-state index is 0. The maximum atomic E-state index is 3.18. The van der Waals surface area contributed by atoms with Crippen LogP contribution >= 0.6 is 0 Å². The van der Waals surface area contributed by atoms with Crippen molar-refractivity contribution in [1.29, 1.82) is 0 Å². The van der Waals surface area contributed by atoms with Crippen molar-refractivity contribution in [2.45, 2.75) is 6.54 Å². The average Bonchev–Trinajstić information content (AvgIpc) is 1.88. The van der Waals surface area contributed by atoms with Crippen LogP contribution in [0, 0.1) is 6.07 Å². The Morgan fingerprint density at radius 3 is 2.55 bits per heavy atom. The van der Waals surface area contributed by atoms with E-state index in [9.17, 15) is 0 Å². The van der Waals surface area contributed by atoms with Gasteiger partial charge in [0.1, 0.15) is 0 Å². The van der Waals surface area contributed by atoms with Gasteiger partial charge in [-0.05, 0) is 0 Å². The molecule has 1 aromatic rings. The van der Waals surface area contributed by atoms with E-state index in [-0.39, 0.29) is 19.5 Å². The second-order valence-electron chi connectivity index (χ2n) is 2.77. The smallest absolute Gasteiger partial charge is 0.338 e. The van der Waals surface area contributed by atoms with Crippen molar-refractivity contribution in [1.82, 2.24) is 0 Å². The summed E-state index contributed by atoms with van der Waals surface area (Å²) in [6.07, 6.45) is 0. The van der Waals surface area contributed by atoms with E-state index in [2.05, 4.69) is 32.3 Å². The van der Waals surface area contributed by atoms with Gasteiger partial charge in [-0.1, -0.05) is 0 Å². The molecule has 0 spiro atoms. The van der Waals surface area contributed by atoms with Crippen LogP contribution in [0.5, 0.6) is 0 Å². The summed E-state index contributed by atoms with van der Waals surface area (Å²) in [5, 5.41) is 0. The first-order chi connectivity index (χ1) is 4.79. The molecule has 0 saturated heterocycles. The summed E-state index contributed by atoms with van der Waals surface area (Å²) < 4.78 is 0. The van der Waals surface area contributed by atoms with Crippen LogP contribution in [0.1, 0.15) is 5.56 Å². The van der Waals surface area contributed by atoms with Crippen molar-refractivity contribution in [3.05, 3.63) is 35.9 Å². The standard InChI is InChI=1S/C9H12N.Ru/c1-10(2)8-9-6-4-3-5-7-9;/h3-6H,8H2,1-2H3;/q-1;+1/p+1. The van der Waals surface area contributed by atoms with Gasteiger partial charge in [-0.25, -0.2) is 0 Å². The Hall–Kier alpha value is -0.197. The molecule has 1 rings (SSSR count). The first-order valence-corrected chi connectivity index (χ1v) is 3.53. The Morgan fingerprint density at radius 2 is 2.09 bits per heavy atom.